The molecule has 0 spiro atoms. The van der Waals surface area contributed by atoms with Gasteiger partial charge in [0, 0.05) is 5.92 Å². The number of aryl methyl sites for hydroxylation is 1. The van der Waals surface area contributed by atoms with E-state index in [1.165, 1.54) is 20.6 Å². The van der Waals surface area contributed by atoms with Crippen LogP contribution >= 0.6 is 0 Å². The average Bonchev–Trinajstić information content (AvgIpc) is 2.69. The number of methoxy groups -OCH3 is 2. The summed E-state index contributed by atoms with van der Waals surface area (Å²) in [6.45, 7) is 1.89. The van der Waals surface area contributed by atoms with Crippen LogP contribution in [0.3, 0.4) is 0 Å². The van der Waals surface area contributed by atoms with Gasteiger partial charge in [-0.05, 0) is 37.5 Å². The predicted molar refractivity (Wildman–Crippen MR) is 102 cm³/mol. The van der Waals surface area contributed by atoms with Crippen molar-refractivity contribution in [1.29, 1.82) is 0 Å². The molecule has 0 bridgehead atoms. The van der Waals surface area contributed by atoms with E-state index in [1.807, 2.05) is 13.0 Å². The van der Waals surface area contributed by atoms with Gasteiger partial charge in [-0.15, -0.1) is 0 Å². The second-order valence-electron chi connectivity index (χ2n) is 6.57. The van der Waals surface area contributed by atoms with E-state index < -0.39 is 11.9 Å². The van der Waals surface area contributed by atoms with Gasteiger partial charge >= 0.3 is 11.9 Å². The SMILES string of the molecule is COC(=O)/C=C(/Nc1cc(C)ccc1NC(=O)C1CCCCC1)C(=O)OC. The maximum absolute atomic E-state index is 12.6. The molecular weight excluding hydrogens is 348 g/mol. The molecule has 1 aliphatic rings. The molecule has 0 saturated heterocycles. The number of nitrogens with one attached hydrogen (secondary N) is 2. The molecule has 1 amide bonds. The Bertz CT molecular complexity index is 736. The van der Waals surface area contributed by atoms with Crippen LogP contribution in [0.5, 0.6) is 0 Å². The van der Waals surface area contributed by atoms with Crippen LogP contribution in [0.2, 0.25) is 0 Å². The first-order valence-electron chi connectivity index (χ1n) is 9.01. The molecule has 0 atom stereocenters. The Balaban J connectivity index is 2.25. The van der Waals surface area contributed by atoms with E-state index >= 15 is 0 Å². The lowest BCUT2D eigenvalue weighted by Crippen LogP contribution is -2.25. The van der Waals surface area contributed by atoms with Gasteiger partial charge in [0.2, 0.25) is 5.91 Å². The largest absolute Gasteiger partial charge is 0.466 e. The van der Waals surface area contributed by atoms with Crippen molar-refractivity contribution in [3.8, 4) is 0 Å². The highest BCUT2D eigenvalue weighted by Crippen LogP contribution is 2.29. The number of esters is 2. The maximum Gasteiger partial charge on any atom is 0.354 e. The van der Waals surface area contributed by atoms with Crippen LogP contribution < -0.4 is 10.6 Å². The van der Waals surface area contributed by atoms with Crippen LogP contribution in [-0.2, 0) is 23.9 Å². The Morgan fingerprint density at radius 1 is 1.00 bits per heavy atom. The first-order chi connectivity index (χ1) is 12.9. The van der Waals surface area contributed by atoms with Crippen LogP contribution in [0.1, 0.15) is 37.7 Å². The van der Waals surface area contributed by atoms with Crippen molar-refractivity contribution in [1.82, 2.24) is 0 Å². The molecule has 2 N–H and O–H groups in total. The van der Waals surface area contributed by atoms with Crippen LogP contribution in [0.4, 0.5) is 11.4 Å². The molecule has 1 saturated carbocycles. The number of anilines is 2. The van der Waals surface area contributed by atoms with E-state index in [0.29, 0.717) is 11.4 Å². The molecule has 0 heterocycles. The molecule has 146 valence electrons. The van der Waals surface area contributed by atoms with Gasteiger partial charge in [0.1, 0.15) is 5.70 Å². The van der Waals surface area contributed by atoms with Crippen molar-refractivity contribution >= 4 is 29.2 Å². The summed E-state index contributed by atoms with van der Waals surface area (Å²) in [4.78, 5) is 36.1. The number of ether oxygens (including phenoxy) is 2. The number of benzene rings is 1. The zero-order valence-corrected chi connectivity index (χ0v) is 16.0. The fourth-order valence-corrected chi connectivity index (χ4v) is 3.05. The molecule has 0 aromatic heterocycles. The van der Waals surface area contributed by atoms with E-state index in [9.17, 15) is 14.4 Å². The standard InChI is InChI=1S/C20H26N2O5/c1-13-9-10-15(22-19(24)14-7-5-4-6-8-14)16(11-13)21-17(20(25)27-3)12-18(23)26-2/h9-12,14,21H,4-8H2,1-3H3,(H,22,24)/b17-12+. The first kappa shape index (κ1) is 20.5. The minimum atomic E-state index is -0.716. The highest BCUT2D eigenvalue weighted by molar-refractivity contribution is 6.01. The van der Waals surface area contributed by atoms with Gasteiger partial charge in [-0.25, -0.2) is 9.59 Å². The van der Waals surface area contributed by atoms with Gasteiger partial charge in [-0.3, -0.25) is 4.79 Å². The summed E-state index contributed by atoms with van der Waals surface area (Å²) < 4.78 is 9.29. The maximum atomic E-state index is 12.6. The lowest BCUT2D eigenvalue weighted by molar-refractivity contribution is -0.138. The van der Waals surface area contributed by atoms with Crippen LogP contribution in [0, 0.1) is 12.8 Å². The number of amides is 1. The molecule has 1 aliphatic carbocycles. The number of rotatable bonds is 6. The van der Waals surface area contributed by atoms with E-state index in [0.717, 1.165) is 37.3 Å². The predicted octanol–water partition coefficient (Wildman–Crippen LogP) is 3.16. The van der Waals surface area contributed by atoms with Crippen molar-refractivity contribution in [2.45, 2.75) is 39.0 Å². The molecule has 1 fully saturated rings. The molecule has 0 radical (unpaired) electrons. The minimum Gasteiger partial charge on any atom is -0.466 e. The molecule has 7 nitrogen and oxygen atoms in total. The van der Waals surface area contributed by atoms with Gasteiger partial charge in [0.15, 0.2) is 0 Å². The van der Waals surface area contributed by atoms with Gasteiger partial charge in [0.25, 0.3) is 0 Å². The average molecular weight is 374 g/mol. The van der Waals surface area contributed by atoms with E-state index in [2.05, 4.69) is 15.4 Å². The monoisotopic (exact) mass is 374 g/mol. The van der Waals surface area contributed by atoms with Gasteiger partial charge in [-0.1, -0.05) is 25.3 Å². The third kappa shape index (κ3) is 5.84. The molecular formula is C20H26N2O5. The number of carbonyl (C=O) groups is 3. The van der Waals surface area contributed by atoms with Crippen molar-refractivity contribution in [3.05, 3.63) is 35.5 Å². The number of carbonyl (C=O) groups excluding carboxylic acids is 3. The second-order valence-corrected chi connectivity index (χ2v) is 6.57. The second kappa shape index (κ2) is 9.75. The molecule has 1 aromatic carbocycles. The fraction of sp³-hybridized carbons (Fsp3) is 0.450. The first-order valence-corrected chi connectivity index (χ1v) is 9.01. The van der Waals surface area contributed by atoms with Gasteiger partial charge < -0.3 is 20.1 Å². The van der Waals surface area contributed by atoms with Crippen molar-refractivity contribution in [2.24, 2.45) is 5.92 Å². The van der Waals surface area contributed by atoms with Gasteiger partial charge in [0.05, 0.1) is 31.7 Å². The van der Waals surface area contributed by atoms with Crippen LogP contribution in [-0.4, -0.2) is 32.1 Å². The quantitative estimate of drug-likeness (QED) is 0.587. The normalized spacial score (nSPS) is 15.0. The van der Waals surface area contributed by atoms with Crippen LogP contribution in [0.25, 0.3) is 0 Å². The molecule has 2 rings (SSSR count). The third-order valence-electron chi connectivity index (χ3n) is 4.55. The Morgan fingerprint density at radius 2 is 1.70 bits per heavy atom. The fourth-order valence-electron chi connectivity index (χ4n) is 3.05. The highest BCUT2D eigenvalue weighted by atomic mass is 16.5. The Hall–Kier alpha value is -2.83. The lowest BCUT2D eigenvalue weighted by Gasteiger charge is -2.22. The van der Waals surface area contributed by atoms with E-state index in [4.69, 9.17) is 4.74 Å². The smallest absolute Gasteiger partial charge is 0.354 e. The minimum absolute atomic E-state index is 0.00130. The zero-order valence-electron chi connectivity index (χ0n) is 16.0. The summed E-state index contributed by atoms with van der Waals surface area (Å²) in [6, 6.07) is 5.42. The van der Waals surface area contributed by atoms with Crippen molar-refractivity contribution in [2.75, 3.05) is 24.9 Å². The highest BCUT2D eigenvalue weighted by Gasteiger charge is 2.22. The number of hydrogen-bond acceptors (Lipinski definition) is 6. The van der Waals surface area contributed by atoms with Gasteiger partial charge in [-0.2, -0.15) is 0 Å². The summed E-state index contributed by atoms with van der Waals surface area (Å²) >= 11 is 0. The summed E-state index contributed by atoms with van der Waals surface area (Å²) in [7, 11) is 2.44. The molecule has 0 unspecified atom stereocenters. The summed E-state index contributed by atoms with van der Waals surface area (Å²) in [5.41, 5.74) is 1.88. The summed E-state index contributed by atoms with van der Waals surface area (Å²) in [5, 5.41) is 5.82. The Morgan fingerprint density at radius 3 is 2.33 bits per heavy atom. The Kier molecular flexibility index (Phi) is 7.40. The topological polar surface area (TPSA) is 93.7 Å². The zero-order chi connectivity index (χ0) is 19.8. The Labute approximate surface area is 159 Å². The van der Waals surface area contributed by atoms with Crippen LogP contribution in [0.15, 0.2) is 30.0 Å². The molecule has 0 aliphatic heterocycles. The lowest BCUT2D eigenvalue weighted by atomic mass is 9.88. The van der Waals surface area contributed by atoms with E-state index in [1.54, 1.807) is 12.1 Å². The summed E-state index contributed by atoms with van der Waals surface area (Å²) in [5.74, 6) is -1.44. The summed E-state index contributed by atoms with van der Waals surface area (Å²) in [6.07, 6.45) is 6.08. The molecule has 27 heavy (non-hydrogen) atoms. The third-order valence-corrected chi connectivity index (χ3v) is 4.55. The molecule has 1 aromatic rings. The van der Waals surface area contributed by atoms with Crippen molar-refractivity contribution in [3.63, 3.8) is 0 Å². The van der Waals surface area contributed by atoms with E-state index in [-0.39, 0.29) is 17.5 Å². The number of hydrogen-bond donors (Lipinski definition) is 2. The molecule has 7 heteroatoms. The van der Waals surface area contributed by atoms with Crippen molar-refractivity contribution < 1.29 is 23.9 Å².